The van der Waals surface area contributed by atoms with Gasteiger partial charge in [0.15, 0.2) is 11.5 Å². The molecule has 2 aromatic carbocycles. The number of carbonyl (C=O) groups is 2. The van der Waals surface area contributed by atoms with E-state index in [4.69, 9.17) is 9.47 Å². The Hall–Kier alpha value is -3.26. The lowest BCUT2D eigenvalue weighted by molar-refractivity contribution is -0.117. The fraction of sp³-hybridized carbons (Fsp3) is 0.462. The van der Waals surface area contributed by atoms with Crippen molar-refractivity contribution in [1.82, 2.24) is 9.80 Å². The molecule has 0 saturated carbocycles. The molecule has 2 saturated heterocycles. The third kappa shape index (κ3) is 5.44. The molecule has 0 atom stereocenters. The lowest BCUT2D eigenvalue weighted by Crippen LogP contribution is -2.50. The summed E-state index contributed by atoms with van der Waals surface area (Å²) in [4.78, 5) is 31.9. The van der Waals surface area contributed by atoms with Crippen molar-refractivity contribution in [3.8, 4) is 11.5 Å². The fourth-order valence-electron chi connectivity index (χ4n) is 4.61. The van der Waals surface area contributed by atoms with E-state index in [0.29, 0.717) is 49.8 Å². The average Bonchev–Trinajstić information content (AvgIpc) is 3.40. The minimum Gasteiger partial charge on any atom is -0.493 e. The summed E-state index contributed by atoms with van der Waals surface area (Å²) in [7, 11) is 3.12. The number of benzene rings is 2. The molecule has 34 heavy (non-hydrogen) atoms. The van der Waals surface area contributed by atoms with Crippen LogP contribution in [0.2, 0.25) is 0 Å². The Bertz CT molecular complexity index is 1030. The number of aryl methyl sites for hydroxylation is 1. The number of nitrogens with one attached hydrogen (secondary N) is 1. The van der Waals surface area contributed by atoms with Crippen LogP contribution in [0.25, 0.3) is 0 Å². The first-order valence-electron chi connectivity index (χ1n) is 11.9. The van der Waals surface area contributed by atoms with E-state index in [2.05, 4.69) is 27.2 Å². The van der Waals surface area contributed by atoms with Crippen LogP contribution < -0.4 is 19.7 Å². The number of nitrogens with zero attached hydrogens (tertiary/aromatic N) is 3. The Morgan fingerprint density at radius 1 is 0.882 bits per heavy atom. The first-order valence-corrected chi connectivity index (χ1v) is 11.9. The minimum atomic E-state index is -0.0428. The van der Waals surface area contributed by atoms with Crippen LogP contribution in [0.3, 0.4) is 0 Å². The summed E-state index contributed by atoms with van der Waals surface area (Å²) in [6.07, 6.45) is 2.48. The first kappa shape index (κ1) is 23.9. The van der Waals surface area contributed by atoms with E-state index in [-0.39, 0.29) is 11.8 Å². The monoisotopic (exact) mass is 466 g/mol. The largest absolute Gasteiger partial charge is 0.493 e. The van der Waals surface area contributed by atoms with Gasteiger partial charge in [-0.15, -0.1) is 0 Å². The van der Waals surface area contributed by atoms with E-state index in [9.17, 15) is 9.59 Å². The van der Waals surface area contributed by atoms with Gasteiger partial charge in [-0.25, -0.2) is 0 Å². The molecule has 8 heteroatoms. The Morgan fingerprint density at radius 2 is 1.59 bits per heavy atom. The standard InChI is InChI=1S/C26H34N4O4/c1-19-16-21(29-10-4-5-11-29)7-8-22(19)27-25(31)18-28-12-14-30(15-13-28)26(32)20-6-9-23(33-2)24(17-20)34-3/h6-9,16-17H,4-5,10-15,18H2,1-3H3,(H,27,31). The van der Waals surface area contributed by atoms with Gasteiger partial charge in [0.1, 0.15) is 0 Å². The highest BCUT2D eigenvalue weighted by Gasteiger charge is 2.24. The second-order valence-corrected chi connectivity index (χ2v) is 8.88. The molecule has 8 nitrogen and oxygen atoms in total. The third-order valence-electron chi connectivity index (χ3n) is 6.61. The highest BCUT2D eigenvalue weighted by Crippen LogP contribution is 2.28. The summed E-state index contributed by atoms with van der Waals surface area (Å²) >= 11 is 0. The van der Waals surface area contributed by atoms with Crippen molar-refractivity contribution in [3.63, 3.8) is 0 Å². The molecule has 0 aliphatic carbocycles. The van der Waals surface area contributed by atoms with Crippen molar-refractivity contribution >= 4 is 23.2 Å². The Kier molecular flexibility index (Phi) is 7.57. The van der Waals surface area contributed by atoms with Crippen LogP contribution in [0, 0.1) is 6.92 Å². The van der Waals surface area contributed by atoms with E-state index in [1.807, 2.05) is 17.9 Å². The number of piperazine rings is 1. The van der Waals surface area contributed by atoms with Crippen LogP contribution in [0.1, 0.15) is 28.8 Å². The molecule has 2 aliphatic heterocycles. The summed E-state index contributed by atoms with van der Waals surface area (Å²) < 4.78 is 10.6. The summed E-state index contributed by atoms with van der Waals surface area (Å²) in [5.41, 5.74) is 3.72. The van der Waals surface area contributed by atoms with Gasteiger partial charge in [-0.1, -0.05) is 0 Å². The molecule has 1 N–H and O–H groups in total. The van der Waals surface area contributed by atoms with Gasteiger partial charge in [-0.2, -0.15) is 0 Å². The van der Waals surface area contributed by atoms with E-state index < -0.39 is 0 Å². The quantitative estimate of drug-likeness (QED) is 0.676. The van der Waals surface area contributed by atoms with Gasteiger partial charge >= 0.3 is 0 Å². The molecule has 0 radical (unpaired) electrons. The second-order valence-electron chi connectivity index (χ2n) is 8.88. The van der Waals surface area contributed by atoms with Crippen molar-refractivity contribution in [2.45, 2.75) is 19.8 Å². The van der Waals surface area contributed by atoms with Gasteiger partial charge in [0.25, 0.3) is 5.91 Å². The molecule has 0 aromatic heterocycles. The highest BCUT2D eigenvalue weighted by molar-refractivity contribution is 5.95. The average molecular weight is 467 g/mol. The number of ether oxygens (including phenoxy) is 2. The zero-order valence-corrected chi connectivity index (χ0v) is 20.3. The summed E-state index contributed by atoms with van der Waals surface area (Å²) in [6, 6.07) is 11.4. The van der Waals surface area contributed by atoms with Crippen LogP contribution in [0.5, 0.6) is 11.5 Å². The van der Waals surface area contributed by atoms with Crippen LogP contribution in [-0.2, 0) is 4.79 Å². The van der Waals surface area contributed by atoms with E-state index in [0.717, 1.165) is 24.3 Å². The molecule has 2 aromatic rings. The minimum absolute atomic E-state index is 0.0308. The molecule has 182 valence electrons. The molecule has 4 rings (SSSR count). The van der Waals surface area contributed by atoms with Gasteiger partial charge in [-0.3, -0.25) is 14.5 Å². The van der Waals surface area contributed by atoms with Crippen molar-refractivity contribution in [2.75, 3.05) is 70.2 Å². The molecule has 2 heterocycles. The van der Waals surface area contributed by atoms with Crippen LogP contribution in [0.4, 0.5) is 11.4 Å². The van der Waals surface area contributed by atoms with Gasteiger partial charge in [-0.05, 0) is 61.7 Å². The first-order chi connectivity index (χ1) is 16.5. The van der Waals surface area contributed by atoms with Gasteiger partial charge < -0.3 is 24.6 Å². The zero-order valence-electron chi connectivity index (χ0n) is 20.3. The number of hydrogen-bond donors (Lipinski definition) is 1. The zero-order chi connectivity index (χ0) is 24.1. The second kappa shape index (κ2) is 10.8. The predicted octanol–water partition coefficient (Wildman–Crippen LogP) is 3.01. The molecule has 0 bridgehead atoms. The SMILES string of the molecule is COc1ccc(C(=O)N2CCN(CC(=O)Nc3ccc(N4CCCC4)cc3C)CC2)cc1OC. The maximum atomic E-state index is 12.9. The van der Waals surface area contributed by atoms with E-state index in [1.165, 1.54) is 18.5 Å². The summed E-state index contributed by atoms with van der Waals surface area (Å²) in [5, 5.41) is 3.05. The maximum absolute atomic E-state index is 12.9. The number of amides is 2. The molecule has 2 aliphatic rings. The molecular formula is C26H34N4O4. The number of methoxy groups -OCH3 is 2. The van der Waals surface area contributed by atoms with Crippen LogP contribution in [0.15, 0.2) is 36.4 Å². The van der Waals surface area contributed by atoms with E-state index >= 15 is 0 Å². The number of anilines is 2. The van der Waals surface area contributed by atoms with Crippen LogP contribution >= 0.6 is 0 Å². The molecule has 0 unspecified atom stereocenters. The maximum Gasteiger partial charge on any atom is 0.254 e. The van der Waals surface area contributed by atoms with Crippen molar-refractivity contribution in [2.24, 2.45) is 0 Å². The Balaban J connectivity index is 1.27. The van der Waals surface area contributed by atoms with Crippen molar-refractivity contribution in [3.05, 3.63) is 47.5 Å². The number of rotatable bonds is 7. The smallest absolute Gasteiger partial charge is 0.254 e. The number of carbonyl (C=O) groups excluding carboxylic acids is 2. The topological polar surface area (TPSA) is 74.4 Å². The fourth-order valence-corrected chi connectivity index (χ4v) is 4.61. The Labute approximate surface area is 201 Å². The highest BCUT2D eigenvalue weighted by atomic mass is 16.5. The summed E-state index contributed by atoms with van der Waals surface area (Å²) in [6.45, 7) is 7.00. The third-order valence-corrected chi connectivity index (χ3v) is 6.61. The van der Waals surface area contributed by atoms with Gasteiger partial charge in [0.05, 0.1) is 20.8 Å². The van der Waals surface area contributed by atoms with Crippen molar-refractivity contribution < 1.29 is 19.1 Å². The summed E-state index contributed by atoms with van der Waals surface area (Å²) in [5.74, 6) is 1.05. The Morgan fingerprint density at radius 3 is 2.24 bits per heavy atom. The van der Waals surface area contributed by atoms with Crippen molar-refractivity contribution in [1.29, 1.82) is 0 Å². The van der Waals surface area contributed by atoms with Gasteiger partial charge in [0, 0.05) is 56.2 Å². The predicted molar refractivity (Wildman–Crippen MR) is 133 cm³/mol. The molecule has 2 amide bonds. The normalized spacial score (nSPS) is 16.4. The molecule has 0 spiro atoms. The van der Waals surface area contributed by atoms with Crippen LogP contribution in [-0.4, -0.2) is 81.6 Å². The lowest BCUT2D eigenvalue weighted by Gasteiger charge is -2.34. The van der Waals surface area contributed by atoms with E-state index in [1.54, 1.807) is 32.4 Å². The van der Waals surface area contributed by atoms with Gasteiger partial charge in [0.2, 0.25) is 5.91 Å². The molecule has 2 fully saturated rings. The number of hydrogen-bond acceptors (Lipinski definition) is 6. The lowest BCUT2D eigenvalue weighted by atomic mass is 10.1. The molecular weight excluding hydrogens is 432 g/mol.